The summed E-state index contributed by atoms with van der Waals surface area (Å²) in [5.41, 5.74) is 1.22. The Labute approximate surface area is 88.5 Å². The molecule has 0 atom stereocenters. The van der Waals surface area contributed by atoms with Gasteiger partial charge in [-0.15, -0.1) is 0 Å². The van der Waals surface area contributed by atoms with Gasteiger partial charge in [0.2, 0.25) is 0 Å². The van der Waals surface area contributed by atoms with Crippen molar-refractivity contribution >= 4 is 0 Å². The van der Waals surface area contributed by atoms with Gasteiger partial charge in [0.15, 0.2) is 0 Å². The number of hydrogen-bond donors (Lipinski definition) is 1. The van der Waals surface area contributed by atoms with Crippen molar-refractivity contribution < 1.29 is 17.9 Å². The lowest BCUT2D eigenvalue weighted by molar-refractivity contribution is -0.173. The van der Waals surface area contributed by atoms with E-state index in [0.29, 0.717) is 13.0 Å². The first-order valence-corrected chi connectivity index (χ1v) is 4.90. The van der Waals surface area contributed by atoms with Crippen LogP contribution in [0, 0.1) is 0 Å². The van der Waals surface area contributed by atoms with Crippen LogP contribution in [0.2, 0.25) is 0 Å². The maximum Gasteiger partial charge on any atom is 0.411 e. The van der Waals surface area contributed by atoms with E-state index in [0.717, 1.165) is 6.54 Å². The van der Waals surface area contributed by atoms with Crippen molar-refractivity contribution in [1.29, 1.82) is 0 Å². The Kier molecular flexibility index (Phi) is 7.42. The Balaban J connectivity index is 3.16. The first-order chi connectivity index (χ1) is 6.92. The van der Waals surface area contributed by atoms with E-state index in [2.05, 4.69) is 10.1 Å². The fourth-order valence-electron chi connectivity index (χ4n) is 0.865. The van der Waals surface area contributed by atoms with Gasteiger partial charge in [-0.3, -0.25) is 0 Å². The molecule has 0 saturated carbocycles. The van der Waals surface area contributed by atoms with E-state index in [1.807, 2.05) is 19.9 Å². The van der Waals surface area contributed by atoms with Gasteiger partial charge in [0.1, 0.15) is 6.61 Å². The van der Waals surface area contributed by atoms with Crippen molar-refractivity contribution in [1.82, 2.24) is 5.32 Å². The van der Waals surface area contributed by atoms with Crippen LogP contribution in [0.5, 0.6) is 0 Å². The molecule has 2 nitrogen and oxygen atoms in total. The fraction of sp³-hybridized carbons (Fsp3) is 0.800. The van der Waals surface area contributed by atoms with Crippen LogP contribution in [0.15, 0.2) is 11.6 Å². The van der Waals surface area contributed by atoms with Gasteiger partial charge in [0.25, 0.3) is 0 Å². The van der Waals surface area contributed by atoms with Crippen molar-refractivity contribution in [2.45, 2.75) is 26.4 Å². The predicted molar refractivity (Wildman–Crippen MR) is 53.8 cm³/mol. The molecule has 0 unspecified atom stereocenters. The molecular weight excluding hydrogens is 207 g/mol. The van der Waals surface area contributed by atoms with Crippen LogP contribution in [0.1, 0.15) is 20.3 Å². The number of alkyl halides is 3. The molecule has 0 aliphatic heterocycles. The van der Waals surface area contributed by atoms with Gasteiger partial charge in [0, 0.05) is 13.2 Å². The number of hydrogen-bond acceptors (Lipinski definition) is 2. The summed E-state index contributed by atoms with van der Waals surface area (Å²) in [6.45, 7) is 4.40. The highest BCUT2D eigenvalue weighted by molar-refractivity contribution is 4.94. The average Bonchev–Trinajstić information content (AvgIpc) is 2.07. The molecule has 0 aliphatic rings. The van der Waals surface area contributed by atoms with Crippen molar-refractivity contribution in [3.8, 4) is 0 Å². The van der Waals surface area contributed by atoms with Gasteiger partial charge >= 0.3 is 6.18 Å². The lowest BCUT2D eigenvalue weighted by atomic mass is 10.3. The largest absolute Gasteiger partial charge is 0.411 e. The number of nitrogens with one attached hydrogen (secondary N) is 1. The third-order valence-corrected chi connectivity index (χ3v) is 1.56. The minimum Gasteiger partial charge on any atom is -0.372 e. The summed E-state index contributed by atoms with van der Waals surface area (Å²) in [5, 5.41) is 3.08. The van der Waals surface area contributed by atoms with Gasteiger partial charge in [-0.2, -0.15) is 13.2 Å². The number of allylic oxidation sites excluding steroid dienone is 1. The maximum absolute atomic E-state index is 11.6. The molecule has 1 N–H and O–H groups in total. The molecule has 0 saturated heterocycles. The molecule has 15 heavy (non-hydrogen) atoms. The first-order valence-electron chi connectivity index (χ1n) is 4.90. The van der Waals surface area contributed by atoms with Crippen molar-refractivity contribution in [3.05, 3.63) is 11.6 Å². The van der Waals surface area contributed by atoms with Crippen molar-refractivity contribution in [2.24, 2.45) is 0 Å². The van der Waals surface area contributed by atoms with Crippen molar-refractivity contribution in [2.75, 3.05) is 26.3 Å². The second-order valence-electron chi connectivity index (χ2n) is 3.51. The summed E-state index contributed by atoms with van der Waals surface area (Å²) in [5.74, 6) is 0. The van der Waals surface area contributed by atoms with Crippen LogP contribution in [-0.4, -0.2) is 32.5 Å². The fourth-order valence-corrected chi connectivity index (χ4v) is 0.865. The molecule has 90 valence electrons. The summed E-state index contributed by atoms with van der Waals surface area (Å²) in [7, 11) is 0. The molecule has 5 heteroatoms. The molecule has 0 rings (SSSR count). The Morgan fingerprint density at radius 3 is 2.53 bits per heavy atom. The first kappa shape index (κ1) is 14.5. The second kappa shape index (κ2) is 7.70. The molecule has 0 amide bonds. The third-order valence-electron chi connectivity index (χ3n) is 1.56. The zero-order valence-electron chi connectivity index (χ0n) is 9.16. The standard InChI is InChI=1S/C10H18F3NO/c1-9(2)4-6-14-5-3-7-15-8-10(11,12)13/h4,14H,3,5-8H2,1-2H3. The van der Waals surface area contributed by atoms with E-state index in [1.54, 1.807) is 0 Å². The Hall–Kier alpha value is -0.550. The lowest BCUT2D eigenvalue weighted by Gasteiger charge is -2.07. The second-order valence-corrected chi connectivity index (χ2v) is 3.51. The molecule has 0 aliphatic carbocycles. The minimum absolute atomic E-state index is 0.140. The van der Waals surface area contributed by atoms with E-state index in [1.165, 1.54) is 5.57 Å². The van der Waals surface area contributed by atoms with E-state index in [-0.39, 0.29) is 6.61 Å². The summed E-state index contributed by atoms with van der Waals surface area (Å²) < 4.78 is 39.3. The number of ether oxygens (including phenoxy) is 1. The normalized spacial score (nSPS) is 11.5. The molecule has 0 spiro atoms. The van der Waals surface area contributed by atoms with Crippen LogP contribution in [-0.2, 0) is 4.74 Å². The molecule has 0 radical (unpaired) electrons. The smallest absolute Gasteiger partial charge is 0.372 e. The third kappa shape index (κ3) is 13.4. The monoisotopic (exact) mass is 225 g/mol. The summed E-state index contributed by atoms with van der Waals surface area (Å²) >= 11 is 0. The van der Waals surface area contributed by atoms with Gasteiger partial charge in [-0.05, 0) is 26.8 Å². The average molecular weight is 225 g/mol. The molecule has 0 bridgehead atoms. The Morgan fingerprint density at radius 2 is 2.00 bits per heavy atom. The number of halogens is 3. The Morgan fingerprint density at radius 1 is 1.33 bits per heavy atom. The highest BCUT2D eigenvalue weighted by atomic mass is 19.4. The van der Waals surface area contributed by atoms with Gasteiger partial charge < -0.3 is 10.1 Å². The van der Waals surface area contributed by atoms with E-state index >= 15 is 0 Å². The summed E-state index contributed by atoms with van der Waals surface area (Å²) in [6, 6.07) is 0. The minimum atomic E-state index is -4.21. The van der Waals surface area contributed by atoms with Crippen LogP contribution in [0.4, 0.5) is 13.2 Å². The lowest BCUT2D eigenvalue weighted by Crippen LogP contribution is -2.20. The zero-order chi connectivity index (χ0) is 11.7. The van der Waals surface area contributed by atoms with Crippen molar-refractivity contribution in [3.63, 3.8) is 0 Å². The van der Waals surface area contributed by atoms with Crippen LogP contribution in [0.3, 0.4) is 0 Å². The van der Waals surface area contributed by atoms with Crippen LogP contribution >= 0.6 is 0 Å². The van der Waals surface area contributed by atoms with E-state index < -0.39 is 12.8 Å². The Bertz CT molecular complexity index is 186. The molecule has 0 fully saturated rings. The summed E-state index contributed by atoms with van der Waals surface area (Å²) in [4.78, 5) is 0. The summed E-state index contributed by atoms with van der Waals surface area (Å²) in [6.07, 6.45) is -1.60. The molecule has 0 aromatic rings. The van der Waals surface area contributed by atoms with Gasteiger partial charge in [-0.25, -0.2) is 0 Å². The van der Waals surface area contributed by atoms with Gasteiger partial charge in [-0.1, -0.05) is 11.6 Å². The molecule has 0 aromatic carbocycles. The quantitative estimate of drug-likeness (QED) is 0.531. The highest BCUT2D eigenvalue weighted by Crippen LogP contribution is 2.14. The van der Waals surface area contributed by atoms with Crippen LogP contribution < -0.4 is 5.32 Å². The highest BCUT2D eigenvalue weighted by Gasteiger charge is 2.26. The van der Waals surface area contributed by atoms with E-state index in [9.17, 15) is 13.2 Å². The topological polar surface area (TPSA) is 21.3 Å². The number of rotatable bonds is 7. The maximum atomic E-state index is 11.6. The zero-order valence-corrected chi connectivity index (χ0v) is 9.16. The SMILES string of the molecule is CC(C)=CCNCCCOCC(F)(F)F. The van der Waals surface area contributed by atoms with Crippen LogP contribution in [0.25, 0.3) is 0 Å². The van der Waals surface area contributed by atoms with E-state index in [4.69, 9.17) is 0 Å². The molecule has 0 aromatic heterocycles. The molecule has 0 heterocycles. The predicted octanol–water partition coefficient (Wildman–Crippen LogP) is 2.51. The van der Waals surface area contributed by atoms with Gasteiger partial charge in [0.05, 0.1) is 0 Å². The molecular formula is C10H18F3NO.